The fourth-order valence-corrected chi connectivity index (χ4v) is 6.09. The standard InChI is InChI=1S/C22H22N4O4S/c27-26(28)22-7-6-21(19-8-9-23-15-20(19)22)24-10-12-25(13-11-24)31(29,30)18-5-4-16-2-1-3-17(16)14-18/h4-9,14-15H,1-3,10-13H2. The molecule has 0 N–H and O–H groups in total. The molecule has 1 aliphatic carbocycles. The second-order valence-electron chi connectivity index (χ2n) is 7.96. The second-order valence-corrected chi connectivity index (χ2v) is 9.90. The zero-order valence-corrected chi connectivity index (χ0v) is 17.7. The maximum atomic E-state index is 13.2. The Labute approximate surface area is 180 Å². The van der Waals surface area contributed by atoms with Crippen molar-refractivity contribution in [2.75, 3.05) is 31.1 Å². The van der Waals surface area contributed by atoms with Crippen molar-refractivity contribution in [3.05, 3.63) is 70.0 Å². The molecule has 0 atom stereocenters. The van der Waals surface area contributed by atoms with Crippen LogP contribution in [0.2, 0.25) is 0 Å². The van der Waals surface area contributed by atoms with E-state index < -0.39 is 14.9 Å². The number of hydrogen-bond donors (Lipinski definition) is 0. The van der Waals surface area contributed by atoms with Gasteiger partial charge in [-0.2, -0.15) is 4.31 Å². The number of anilines is 1. The first-order valence-corrected chi connectivity index (χ1v) is 11.8. The summed E-state index contributed by atoms with van der Waals surface area (Å²) < 4.78 is 27.9. The van der Waals surface area contributed by atoms with Crippen molar-refractivity contribution in [3.8, 4) is 0 Å². The molecule has 3 aromatic rings. The topological polar surface area (TPSA) is 96.6 Å². The minimum atomic E-state index is -3.54. The molecule has 0 amide bonds. The largest absolute Gasteiger partial charge is 0.368 e. The maximum Gasteiger partial charge on any atom is 0.278 e. The zero-order valence-electron chi connectivity index (χ0n) is 16.9. The van der Waals surface area contributed by atoms with Crippen LogP contribution in [0.3, 0.4) is 0 Å². The number of nitro groups is 1. The van der Waals surface area contributed by atoms with Gasteiger partial charge in [0, 0.05) is 55.7 Å². The number of hydrogen-bond acceptors (Lipinski definition) is 6. The maximum absolute atomic E-state index is 13.2. The quantitative estimate of drug-likeness (QED) is 0.459. The highest BCUT2D eigenvalue weighted by atomic mass is 32.2. The number of pyridine rings is 1. The number of aryl methyl sites for hydroxylation is 2. The number of aromatic nitrogens is 1. The van der Waals surface area contributed by atoms with Gasteiger partial charge in [-0.25, -0.2) is 8.42 Å². The third-order valence-electron chi connectivity index (χ3n) is 6.26. The first-order valence-electron chi connectivity index (χ1n) is 10.3. The number of fused-ring (bicyclic) bond motifs is 2. The van der Waals surface area contributed by atoms with Gasteiger partial charge in [0.2, 0.25) is 10.0 Å². The van der Waals surface area contributed by atoms with Gasteiger partial charge in [0.05, 0.1) is 15.2 Å². The van der Waals surface area contributed by atoms with Crippen molar-refractivity contribution in [1.82, 2.24) is 9.29 Å². The van der Waals surface area contributed by atoms with Crippen molar-refractivity contribution in [2.24, 2.45) is 0 Å². The van der Waals surface area contributed by atoms with Crippen LogP contribution in [0.4, 0.5) is 11.4 Å². The van der Waals surface area contributed by atoms with Crippen LogP contribution in [0.5, 0.6) is 0 Å². The molecule has 2 aromatic carbocycles. The van der Waals surface area contributed by atoms with E-state index in [1.807, 2.05) is 12.1 Å². The van der Waals surface area contributed by atoms with Crippen LogP contribution >= 0.6 is 0 Å². The number of rotatable bonds is 4. The Balaban J connectivity index is 1.38. The lowest BCUT2D eigenvalue weighted by Gasteiger charge is -2.36. The molecular weight excluding hydrogens is 416 g/mol. The molecule has 1 aliphatic heterocycles. The molecule has 0 unspecified atom stereocenters. The molecule has 2 heterocycles. The average Bonchev–Trinajstić information content (AvgIpc) is 3.26. The summed E-state index contributed by atoms with van der Waals surface area (Å²) in [7, 11) is -3.54. The van der Waals surface area contributed by atoms with E-state index >= 15 is 0 Å². The minimum Gasteiger partial charge on any atom is -0.368 e. The molecule has 1 saturated heterocycles. The third kappa shape index (κ3) is 3.43. The lowest BCUT2D eigenvalue weighted by Crippen LogP contribution is -2.48. The predicted octanol–water partition coefficient (Wildman–Crippen LogP) is 3.14. The lowest BCUT2D eigenvalue weighted by atomic mass is 10.1. The molecule has 8 nitrogen and oxygen atoms in total. The Bertz CT molecular complexity index is 1280. The van der Waals surface area contributed by atoms with Gasteiger partial charge in [-0.15, -0.1) is 0 Å². The SMILES string of the molecule is O=[N+]([O-])c1ccc(N2CCN(S(=O)(=O)c3ccc4c(c3)CCC4)CC2)c2ccncc12. The van der Waals surface area contributed by atoms with Gasteiger partial charge in [-0.3, -0.25) is 15.1 Å². The van der Waals surface area contributed by atoms with Crippen molar-refractivity contribution >= 4 is 32.2 Å². The molecular formula is C22H22N4O4S. The first-order chi connectivity index (χ1) is 14.9. The van der Waals surface area contributed by atoms with Crippen LogP contribution in [0.25, 0.3) is 10.8 Å². The summed E-state index contributed by atoms with van der Waals surface area (Å²) in [4.78, 5) is 17.4. The highest BCUT2D eigenvalue weighted by molar-refractivity contribution is 7.89. The highest BCUT2D eigenvalue weighted by Gasteiger charge is 2.30. The van der Waals surface area contributed by atoms with Gasteiger partial charge in [-0.05, 0) is 54.7 Å². The van der Waals surface area contributed by atoms with E-state index in [4.69, 9.17) is 0 Å². The molecule has 9 heteroatoms. The Morgan fingerprint density at radius 2 is 1.71 bits per heavy atom. The number of nitro benzene ring substituents is 1. The predicted molar refractivity (Wildman–Crippen MR) is 118 cm³/mol. The van der Waals surface area contributed by atoms with Crippen LogP contribution in [-0.4, -0.2) is 48.8 Å². The summed E-state index contributed by atoms with van der Waals surface area (Å²) in [5.74, 6) is 0. The molecule has 2 aliphatic rings. The number of nitrogens with zero attached hydrogens (tertiary/aromatic N) is 4. The smallest absolute Gasteiger partial charge is 0.278 e. The van der Waals surface area contributed by atoms with Crippen molar-refractivity contribution < 1.29 is 13.3 Å². The van der Waals surface area contributed by atoms with E-state index in [1.165, 1.54) is 22.1 Å². The van der Waals surface area contributed by atoms with Crippen molar-refractivity contribution in [1.29, 1.82) is 0 Å². The molecule has 160 valence electrons. The summed E-state index contributed by atoms with van der Waals surface area (Å²) in [6.45, 7) is 1.75. The van der Waals surface area contributed by atoms with E-state index in [0.717, 1.165) is 35.9 Å². The molecule has 1 aromatic heterocycles. The Morgan fingerprint density at radius 1 is 0.935 bits per heavy atom. The van der Waals surface area contributed by atoms with E-state index in [1.54, 1.807) is 24.4 Å². The molecule has 5 rings (SSSR count). The second kappa shape index (κ2) is 7.58. The van der Waals surface area contributed by atoms with E-state index in [9.17, 15) is 18.5 Å². The summed E-state index contributed by atoms with van der Waals surface area (Å²) in [5.41, 5.74) is 3.27. The minimum absolute atomic E-state index is 0.0182. The average molecular weight is 439 g/mol. The van der Waals surface area contributed by atoms with Gasteiger partial charge in [0.1, 0.15) is 0 Å². The summed E-state index contributed by atoms with van der Waals surface area (Å²) in [6, 6.07) is 10.5. The molecule has 31 heavy (non-hydrogen) atoms. The Kier molecular flexibility index (Phi) is 4.86. The fourth-order valence-electron chi connectivity index (χ4n) is 4.62. The Hall–Kier alpha value is -3.04. The fraction of sp³-hybridized carbons (Fsp3) is 0.318. The van der Waals surface area contributed by atoms with Crippen LogP contribution in [0.1, 0.15) is 17.5 Å². The summed E-state index contributed by atoms with van der Waals surface area (Å²) >= 11 is 0. The van der Waals surface area contributed by atoms with Crippen molar-refractivity contribution in [2.45, 2.75) is 24.2 Å². The Morgan fingerprint density at radius 3 is 2.48 bits per heavy atom. The highest BCUT2D eigenvalue weighted by Crippen LogP contribution is 2.34. The van der Waals surface area contributed by atoms with Crippen LogP contribution in [-0.2, 0) is 22.9 Å². The number of sulfonamides is 1. The van der Waals surface area contributed by atoms with Crippen LogP contribution in [0.15, 0.2) is 53.7 Å². The van der Waals surface area contributed by atoms with Gasteiger partial charge in [-0.1, -0.05) is 6.07 Å². The van der Waals surface area contributed by atoms with E-state index in [-0.39, 0.29) is 5.69 Å². The summed E-state index contributed by atoms with van der Waals surface area (Å²) in [6.07, 6.45) is 6.16. The van der Waals surface area contributed by atoms with Gasteiger partial charge in [0.25, 0.3) is 5.69 Å². The van der Waals surface area contributed by atoms with Crippen LogP contribution < -0.4 is 4.90 Å². The normalized spacial score (nSPS) is 17.1. The number of benzene rings is 2. The number of piperazine rings is 1. The van der Waals surface area contributed by atoms with E-state index in [0.29, 0.717) is 36.5 Å². The van der Waals surface area contributed by atoms with Gasteiger partial charge in [0.15, 0.2) is 0 Å². The lowest BCUT2D eigenvalue weighted by molar-refractivity contribution is -0.383. The first kappa shape index (κ1) is 19.9. The van der Waals surface area contributed by atoms with Crippen molar-refractivity contribution in [3.63, 3.8) is 0 Å². The molecule has 0 saturated carbocycles. The molecule has 1 fully saturated rings. The number of non-ortho nitro benzene ring substituents is 1. The molecule has 0 bridgehead atoms. The molecule has 0 radical (unpaired) electrons. The molecule has 0 spiro atoms. The van der Waals surface area contributed by atoms with Gasteiger partial charge < -0.3 is 4.90 Å². The monoisotopic (exact) mass is 438 g/mol. The van der Waals surface area contributed by atoms with Crippen LogP contribution in [0, 0.1) is 10.1 Å². The zero-order chi connectivity index (χ0) is 21.6. The van der Waals surface area contributed by atoms with Gasteiger partial charge >= 0.3 is 0 Å². The van der Waals surface area contributed by atoms with E-state index in [2.05, 4.69) is 9.88 Å². The third-order valence-corrected chi connectivity index (χ3v) is 8.15. The summed E-state index contributed by atoms with van der Waals surface area (Å²) in [5, 5.41) is 12.6.